The molecule has 0 aromatic carbocycles. The number of rotatable bonds is 2. The summed E-state index contributed by atoms with van der Waals surface area (Å²) in [6, 6.07) is 0. The van der Waals surface area contributed by atoms with Gasteiger partial charge in [-0.05, 0) is 6.42 Å². The highest BCUT2D eigenvalue weighted by Gasteiger charge is 2.32. The van der Waals surface area contributed by atoms with E-state index in [1.807, 2.05) is 6.92 Å². The molecule has 0 radical (unpaired) electrons. The molecule has 1 aromatic heterocycles. The maximum absolute atomic E-state index is 11.8. The molecule has 0 saturated heterocycles. The number of aliphatic carboxylic acids is 1. The van der Waals surface area contributed by atoms with Gasteiger partial charge in [0.2, 0.25) is 5.78 Å². The topological polar surface area (TPSA) is 72.2 Å². The van der Waals surface area contributed by atoms with Gasteiger partial charge in [-0.1, -0.05) is 13.0 Å². The van der Waals surface area contributed by atoms with Gasteiger partial charge in [-0.2, -0.15) is 5.10 Å². The van der Waals surface area contributed by atoms with E-state index in [0.29, 0.717) is 11.3 Å². The number of carboxylic acids is 1. The molecule has 1 aliphatic rings. The molecule has 0 amide bonds. The third kappa shape index (κ3) is 1.44. The first-order valence-electron chi connectivity index (χ1n) is 5.08. The quantitative estimate of drug-likeness (QED) is 0.758. The number of carbonyl (C=O) groups is 2. The Balaban J connectivity index is 2.56. The van der Waals surface area contributed by atoms with Gasteiger partial charge in [-0.3, -0.25) is 9.48 Å². The molecule has 1 heterocycles. The summed E-state index contributed by atoms with van der Waals surface area (Å²) in [5.74, 6) is -1.70. The molecule has 2 rings (SSSR count). The predicted molar refractivity (Wildman–Crippen MR) is 56.3 cm³/mol. The Morgan fingerprint density at radius 3 is 2.88 bits per heavy atom. The molecule has 16 heavy (non-hydrogen) atoms. The first-order chi connectivity index (χ1) is 7.54. The van der Waals surface area contributed by atoms with E-state index in [1.165, 1.54) is 6.08 Å². The van der Waals surface area contributed by atoms with Crippen LogP contribution in [0.3, 0.4) is 0 Å². The normalized spacial score (nSPS) is 19.2. The lowest BCUT2D eigenvalue weighted by atomic mass is 9.87. The Bertz CT molecular complexity index is 499. The van der Waals surface area contributed by atoms with E-state index in [9.17, 15) is 9.59 Å². The van der Waals surface area contributed by atoms with Crippen LogP contribution >= 0.6 is 0 Å². The summed E-state index contributed by atoms with van der Waals surface area (Å²) in [6.45, 7) is 1.94. The Hall–Kier alpha value is -1.91. The minimum Gasteiger partial charge on any atom is -0.478 e. The summed E-state index contributed by atoms with van der Waals surface area (Å²) in [7, 11) is 1.72. The number of ketones is 1. The van der Waals surface area contributed by atoms with E-state index in [-0.39, 0.29) is 11.5 Å². The van der Waals surface area contributed by atoms with Crippen molar-refractivity contribution >= 4 is 11.8 Å². The smallest absolute Gasteiger partial charge is 0.339 e. The lowest BCUT2D eigenvalue weighted by Gasteiger charge is -2.15. The summed E-state index contributed by atoms with van der Waals surface area (Å²) in [5.41, 5.74) is 0.946. The second-order valence-corrected chi connectivity index (χ2v) is 3.83. The molecule has 5 heteroatoms. The van der Waals surface area contributed by atoms with E-state index in [4.69, 9.17) is 5.11 Å². The monoisotopic (exact) mass is 220 g/mol. The molecular weight excluding hydrogens is 208 g/mol. The molecule has 1 aliphatic carbocycles. The van der Waals surface area contributed by atoms with Crippen molar-refractivity contribution in [1.29, 1.82) is 0 Å². The van der Waals surface area contributed by atoms with Crippen molar-refractivity contribution in [3.63, 3.8) is 0 Å². The number of allylic oxidation sites excluding steroid dienone is 1. The lowest BCUT2D eigenvalue weighted by Crippen LogP contribution is -2.20. The number of nitrogens with zero attached hydrogens (tertiary/aromatic N) is 2. The van der Waals surface area contributed by atoms with Gasteiger partial charge in [0.25, 0.3) is 0 Å². The largest absolute Gasteiger partial charge is 0.478 e. The first-order valence-corrected chi connectivity index (χ1v) is 5.08. The molecular formula is C11H12N2O3. The van der Waals surface area contributed by atoms with E-state index in [2.05, 4.69) is 5.10 Å². The van der Waals surface area contributed by atoms with E-state index < -0.39 is 11.8 Å². The SMILES string of the molecule is CC[C@H]1C=C(C(=O)O)C(=O)c2cn(C)nc21. The fourth-order valence-electron chi connectivity index (χ4n) is 1.93. The highest BCUT2D eigenvalue weighted by molar-refractivity contribution is 6.25. The van der Waals surface area contributed by atoms with E-state index >= 15 is 0 Å². The third-order valence-electron chi connectivity index (χ3n) is 2.74. The standard InChI is InChI=1S/C11H12N2O3/c1-3-6-4-7(11(15)16)10(14)8-5-13(2)12-9(6)8/h4-6H,3H2,1-2H3,(H,15,16)/t6-/m0/s1. The van der Waals surface area contributed by atoms with Crippen molar-refractivity contribution in [2.24, 2.45) is 7.05 Å². The number of carboxylic acid groups (broad SMARTS) is 1. The van der Waals surface area contributed by atoms with Crippen LogP contribution < -0.4 is 0 Å². The Labute approximate surface area is 92.4 Å². The van der Waals surface area contributed by atoms with Crippen LogP contribution in [-0.4, -0.2) is 26.6 Å². The number of fused-ring (bicyclic) bond motifs is 1. The summed E-state index contributed by atoms with van der Waals surface area (Å²) < 4.78 is 1.55. The van der Waals surface area contributed by atoms with Crippen molar-refractivity contribution < 1.29 is 14.7 Å². The molecule has 1 atom stereocenters. The van der Waals surface area contributed by atoms with Crippen molar-refractivity contribution in [3.8, 4) is 0 Å². The Morgan fingerprint density at radius 1 is 1.62 bits per heavy atom. The van der Waals surface area contributed by atoms with Gasteiger partial charge in [-0.25, -0.2) is 4.79 Å². The third-order valence-corrected chi connectivity index (χ3v) is 2.74. The number of hydrogen-bond donors (Lipinski definition) is 1. The van der Waals surface area contributed by atoms with Gasteiger partial charge in [0.1, 0.15) is 5.57 Å². The minimum atomic E-state index is -1.17. The fraction of sp³-hybridized carbons (Fsp3) is 0.364. The maximum atomic E-state index is 11.8. The van der Waals surface area contributed by atoms with Crippen LogP contribution in [0.1, 0.15) is 35.3 Å². The van der Waals surface area contributed by atoms with Crippen LogP contribution in [0.5, 0.6) is 0 Å². The lowest BCUT2D eigenvalue weighted by molar-refractivity contribution is -0.132. The Morgan fingerprint density at radius 2 is 2.31 bits per heavy atom. The molecule has 0 fully saturated rings. The van der Waals surface area contributed by atoms with Crippen LogP contribution in [0.25, 0.3) is 0 Å². The minimum absolute atomic E-state index is 0.0833. The van der Waals surface area contributed by atoms with Crippen LogP contribution in [0.2, 0.25) is 0 Å². The second kappa shape index (κ2) is 3.59. The average molecular weight is 220 g/mol. The predicted octanol–water partition coefficient (Wildman–Crippen LogP) is 1.12. The molecule has 84 valence electrons. The first kappa shape index (κ1) is 10.6. The van der Waals surface area contributed by atoms with Gasteiger partial charge < -0.3 is 5.11 Å². The van der Waals surface area contributed by atoms with Crippen molar-refractivity contribution in [3.05, 3.63) is 29.1 Å². The highest BCUT2D eigenvalue weighted by Crippen LogP contribution is 2.31. The van der Waals surface area contributed by atoms with E-state index in [0.717, 1.165) is 6.42 Å². The zero-order valence-corrected chi connectivity index (χ0v) is 9.10. The zero-order chi connectivity index (χ0) is 11.9. The molecule has 0 aliphatic heterocycles. The summed E-state index contributed by atoms with van der Waals surface area (Å²) in [6.07, 6.45) is 3.81. The van der Waals surface area contributed by atoms with Crippen molar-refractivity contribution in [2.45, 2.75) is 19.3 Å². The zero-order valence-electron chi connectivity index (χ0n) is 9.10. The molecule has 1 aromatic rings. The van der Waals surface area contributed by atoms with Crippen LogP contribution in [-0.2, 0) is 11.8 Å². The number of carbonyl (C=O) groups excluding carboxylic acids is 1. The average Bonchev–Trinajstić information content (AvgIpc) is 2.60. The van der Waals surface area contributed by atoms with E-state index in [1.54, 1.807) is 17.9 Å². The molecule has 1 N–H and O–H groups in total. The van der Waals surface area contributed by atoms with Gasteiger partial charge in [0, 0.05) is 19.2 Å². The number of Topliss-reactive ketones (excluding diaryl/α,β-unsaturated/α-hetero) is 1. The molecule has 0 spiro atoms. The van der Waals surface area contributed by atoms with Gasteiger partial charge in [0.15, 0.2) is 0 Å². The summed E-state index contributed by atoms with van der Waals surface area (Å²) in [5, 5.41) is 13.1. The summed E-state index contributed by atoms with van der Waals surface area (Å²) >= 11 is 0. The molecule has 0 unspecified atom stereocenters. The van der Waals surface area contributed by atoms with Gasteiger partial charge >= 0.3 is 5.97 Å². The number of aryl methyl sites for hydroxylation is 1. The number of hydrogen-bond acceptors (Lipinski definition) is 3. The number of aromatic nitrogens is 2. The summed E-state index contributed by atoms with van der Waals surface area (Å²) in [4.78, 5) is 22.8. The Kier molecular flexibility index (Phi) is 2.38. The molecule has 0 saturated carbocycles. The van der Waals surface area contributed by atoms with Gasteiger partial charge in [0.05, 0.1) is 11.3 Å². The van der Waals surface area contributed by atoms with Gasteiger partial charge in [-0.15, -0.1) is 0 Å². The second-order valence-electron chi connectivity index (χ2n) is 3.83. The fourth-order valence-corrected chi connectivity index (χ4v) is 1.93. The molecule has 5 nitrogen and oxygen atoms in total. The highest BCUT2D eigenvalue weighted by atomic mass is 16.4. The van der Waals surface area contributed by atoms with Crippen molar-refractivity contribution in [1.82, 2.24) is 9.78 Å². The molecule has 0 bridgehead atoms. The van der Waals surface area contributed by atoms with Crippen molar-refractivity contribution in [2.75, 3.05) is 0 Å². The van der Waals surface area contributed by atoms with Crippen LogP contribution in [0, 0.1) is 0 Å². The van der Waals surface area contributed by atoms with Crippen LogP contribution in [0.15, 0.2) is 17.8 Å². The maximum Gasteiger partial charge on any atom is 0.339 e. The van der Waals surface area contributed by atoms with Crippen LogP contribution in [0.4, 0.5) is 0 Å².